The second kappa shape index (κ2) is 4.58. The SMILES string of the molecule is NC1CC2CCCC(C1)N2C(=O)c1cc(C2CC2)on1. The zero-order valence-electron chi connectivity index (χ0n) is 11.6. The number of aromatic nitrogens is 1. The van der Waals surface area contributed by atoms with E-state index in [1.165, 1.54) is 6.42 Å². The quantitative estimate of drug-likeness (QED) is 0.896. The minimum absolute atomic E-state index is 0.0438. The fraction of sp³-hybridized carbons (Fsp3) is 0.733. The molecular weight excluding hydrogens is 254 g/mol. The molecule has 2 atom stereocenters. The third kappa shape index (κ3) is 2.04. The van der Waals surface area contributed by atoms with Gasteiger partial charge in [-0.25, -0.2) is 0 Å². The molecule has 1 aromatic heterocycles. The number of nitrogens with zero attached hydrogens (tertiary/aromatic N) is 2. The summed E-state index contributed by atoms with van der Waals surface area (Å²) >= 11 is 0. The normalized spacial score (nSPS) is 33.2. The maximum atomic E-state index is 12.7. The van der Waals surface area contributed by atoms with Crippen LogP contribution in [0.5, 0.6) is 0 Å². The van der Waals surface area contributed by atoms with Crippen LogP contribution in [0.2, 0.25) is 0 Å². The van der Waals surface area contributed by atoms with E-state index in [2.05, 4.69) is 5.16 Å². The average molecular weight is 275 g/mol. The minimum atomic E-state index is 0.0438. The highest BCUT2D eigenvalue weighted by atomic mass is 16.5. The monoisotopic (exact) mass is 275 g/mol. The summed E-state index contributed by atoms with van der Waals surface area (Å²) in [6.45, 7) is 0. The molecule has 0 radical (unpaired) electrons. The summed E-state index contributed by atoms with van der Waals surface area (Å²) in [7, 11) is 0. The van der Waals surface area contributed by atoms with Gasteiger partial charge in [0.2, 0.25) is 0 Å². The van der Waals surface area contributed by atoms with Gasteiger partial charge >= 0.3 is 0 Å². The lowest BCUT2D eigenvalue weighted by Gasteiger charge is -2.47. The number of carbonyl (C=O) groups excluding carboxylic acids is 1. The Balaban J connectivity index is 1.57. The summed E-state index contributed by atoms with van der Waals surface area (Å²) in [4.78, 5) is 14.8. The Morgan fingerprint density at radius 2 is 1.95 bits per heavy atom. The van der Waals surface area contributed by atoms with Crippen molar-refractivity contribution in [3.63, 3.8) is 0 Å². The van der Waals surface area contributed by atoms with Crippen molar-refractivity contribution in [2.75, 3.05) is 0 Å². The summed E-state index contributed by atoms with van der Waals surface area (Å²) in [5.41, 5.74) is 6.59. The van der Waals surface area contributed by atoms with Crippen LogP contribution < -0.4 is 5.73 Å². The molecule has 20 heavy (non-hydrogen) atoms. The lowest BCUT2D eigenvalue weighted by atomic mass is 9.82. The van der Waals surface area contributed by atoms with Crippen LogP contribution >= 0.6 is 0 Å². The van der Waals surface area contributed by atoms with Gasteiger partial charge < -0.3 is 15.2 Å². The second-order valence-electron chi connectivity index (χ2n) is 6.57. The fourth-order valence-corrected chi connectivity index (χ4v) is 3.84. The third-order valence-electron chi connectivity index (χ3n) is 4.97. The summed E-state index contributed by atoms with van der Waals surface area (Å²) in [6, 6.07) is 2.69. The van der Waals surface area contributed by atoms with Gasteiger partial charge in [-0.2, -0.15) is 0 Å². The number of rotatable bonds is 2. The van der Waals surface area contributed by atoms with Gasteiger partial charge in [-0.05, 0) is 44.9 Å². The molecule has 3 aliphatic rings. The Labute approximate surface area is 118 Å². The fourth-order valence-electron chi connectivity index (χ4n) is 3.84. The summed E-state index contributed by atoms with van der Waals surface area (Å²) in [5, 5.41) is 4.00. The van der Waals surface area contributed by atoms with Gasteiger partial charge in [0, 0.05) is 30.1 Å². The number of nitrogens with two attached hydrogens (primary N) is 1. The van der Waals surface area contributed by atoms with Crippen molar-refractivity contribution in [1.82, 2.24) is 10.1 Å². The van der Waals surface area contributed by atoms with Crippen LogP contribution in [-0.4, -0.2) is 34.1 Å². The molecule has 4 rings (SSSR count). The smallest absolute Gasteiger partial charge is 0.276 e. The van der Waals surface area contributed by atoms with Crippen molar-refractivity contribution >= 4 is 5.91 Å². The summed E-state index contributed by atoms with van der Waals surface area (Å²) in [6.07, 6.45) is 7.52. The molecule has 2 aliphatic heterocycles. The van der Waals surface area contributed by atoms with Crippen LogP contribution in [0.25, 0.3) is 0 Å². The van der Waals surface area contributed by atoms with Crippen molar-refractivity contribution in [2.45, 2.75) is 69.0 Å². The second-order valence-corrected chi connectivity index (χ2v) is 6.57. The first-order chi connectivity index (χ1) is 9.72. The van der Waals surface area contributed by atoms with Gasteiger partial charge in [0.1, 0.15) is 5.76 Å². The van der Waals surface area contributed by atoms with Crippen LogP contribution in [-0.2, 0) is 0 Å². The molecule has 1 aromatic rings. The number of fused-ring (bicyclic) bond motifs is 2. The molecule has 5 heteroatoms. The van der Waals surface area contributed by atoms with E-state index in [-0.39, 0.29) is 11.9 Å². The molecule has 2 N–H and O–H groups in total. The van der Waals surface area contributed by atoms with Gasteiger partial charge in [0.15, 0.2) is 5.69 Å². The van der Waals surface area contributed by atoms with Crippen LogP contribution in [0.1, 0.15) is 67.1 Å². The molecule has 1 saturated carbocycles. The average Bonchev–Trinajstić information content (AvgIpc) is 3.15. The van der Waals surface area contributed by atoms with Crippen LogP contribution in [0.3, 0.4) is 0 Å². The highest BCUT2D eigenvalue weighted by molar-refractivity contribution is 5.93. The first-order valence-corrected chi connectivity index (χ1v) is 7.77. The lowest BCUT2D eigenvalue weighted by molar-refractivity contribution is 0.0234. The molecule has 1 amide bonds. The Bertz CT molecular complexity index is 509. The van der Waals surface area contributed by atoms with Gasteiger partial charge in [0.05, 0.1) is 0 Å². The standard InChI is InChI=1S/C15H21N3O2/c16-10-6-11-2-1-3-12(7-10)18(11)15(19)13-8-14(20-17-13)9-4-5-9/h8-12H,1-7,16H2. The highest BCUT2D eigenvalue weighted by Gasteiger charge is 2.41. The van der Waals surface area contributed by atoms with E-state index in [0.717, 1.165) is 44.3 Å². The number of hydrogen-bond acceptors (Lipinski definition) is 4. The van der Waals surface area contributed by atoms with Crippen LogP contribution in [0, 0.1) is 0 Å². The van der Waals surface area contributed by atoms with E-state index < -0.39 is 0 Å². The number of carbonyl (C=O) groups is 1. The van der Waals surface area contributed by atoms with E-state index >= 15 is 0 Å². The topological polar surface area (TPSA) is 72.4 Å². The molecule has 3 heterocycles. The van der Waals surface area contributed by atoms with E-state index in [0.29, 0.717) is 23.7 Å². The van der Waals surface area contributed by atoms with Crippen LogP contribution in [0.4, 0.5) is 0 Å². The number of hydrogen-bond donors (Lipinski definition) is 1. The number of piperidine rings is 2. The van der Waals surface area contributed by atoms with Crippen molar-refractivity contribution in [3.8, 4) is 0 Å². The predicted octanol–water partition coefficient (Wildman–Crippen LogP) is 2.04. The van der Waals surface area contributed by atoms with Crippen molar-refractivity contribution in [1.29, 1.82) is 0 Å². The molecule has 2 saturated heterocycles. The van der Waals surface area contributed by atoms with Crippen LogP contribution in [0.15, 0.2) is 10.6 Å². The molecule has 3 fully saturated rings. The Morgan fingerprint density at radius 1 is 1.25 bits per heavy atom. The van der Waals surface area contributed by atoms with Crippen molar-refractivity contribution < 1.29 is 9.32 Å². The first-order valence-electron chi connectivity index (χ1n) is 7.77. The lowest BCUT2D eigenvalue weighted by Crippen LogP contribution is -2.57. The minimum Gasteiger partial charge on any atom is -0.360 e. The Kier molecular flexibility index (Phi) is 2.84. The summed E-state index contributed by atoms with van der Waals surface area (Å²) < 4.78 is 5.32. The Morgan fingerprint density at radius 3 is 2.60 bits per heavy atom. The molecule has 1 aliphatic carbocycles. The molecule has 108 valence electrons. The predicted molar refractivity (Wildman–Crippen MR) is 73.3 cm³/mol. The zero-order chi connectivity index (χ0) is 13.7. The van der Waals surface area contributed by atoms with Gasteiger partial charge in [-0.15, -0.1) is 0 Å². The molecule has 2 unspecified atom stereocenters. The molecule has 2 bridgehead atoms. The third-order valence-corrected chi connectivity index (χ3v) is 4.97. The maximum Gasteiger partial charge on any atom is 0.276 e. The summed E-state index contributed by atoms with van der Waals surface area (Å²) in [5.74, 6) is 1.42. The maximum absolute atomic E-state index is 12.7. The molecular formula is C15H21N3O2. The highest BCUT2D eigenvalue weighted by Crippen LogP contribution is 2.41. The van der Waals surface area contributed by atoms with E-state index in [9.17, 15) is 4.79 Å². The van der Waals surface area contributed by atoms with E-state index in [1.54, 1.807) is 0 Å². The Hall–Kier alpha value is -1.36. The number of amides is 1. The van der Waals surface area contributed by atoms with Gasteiger partial charge in [-0.3, -0.25) is 4.79 Å². The van der Waals surface area contributed by atoms with E-state index in [4.69, 9.17) is 10.3 Å². The molecule has 0 spiro atoms. The van der Waals surface area contributed by atoms with Gasteiger partial charge in [0.25, 0.3) is 5.91 Å². The molecule has 0 aromatic carbocycles. The van der Waals surface area contributed by atoms with Crippen molar-refractivity contribution in [3.05, 3.63) is 17.5 Å². The van der Waals surface area contributed by atoms with E-state index in [1.807, 2.05) is 11.0 Å². The first kappa shape index (κ1) is 12.4. The zero-order valence-corrected chi connectivity index (χ0v) is 11.6. The van der Waals surface area contributed by atoms with Crippen molar-refractivity contribution in [2.24, 2.45) is 5.73 Å². The molecule has 5 nitrogen and oxygen atoms in total. The van der Waals surface area contributed by atoms with Gasteiger partial charge in [-0.1, -0.05) is 5.16 Å². The largest absolute Gasteiger partial charge is 0.360 e.